The van der Waals surface area contributed by atoms with Gasteiger partial charge in [0.2, 0.25) is 23.8 Å². The van der Waals surface area contributed by atoms with Gasteiger partial charge in [-0.05, 0) is 43.2 Å². The van der Waals surface area contributed by atoms with Crippen LogP contribution in [-0.2, 0) is 11.3 Å². The van der Waals surface area contributed by atoms with Crippen molar-refractivity contribution in [2.45, 2.75) is 51.1 Å². The van der Waals surface area contributed by atoms with Crippen LogP contribution in [0.3, 0.4) is 0 Å². The minimum Gasteiger partial charge on any atom is -0.508 e. The summed E-state index contributed by atoms with van der Waals surface area (Å²) in [5.74, 6) is 2.07. The highest BCUT2D eigenvalue weighted by molar-refractivity contribution is 5.78. The van der Waals surface area contributed by atoms with Crippen LogP contribution in [0.2, 0.25) is 0 Å². The lowest BCUT2D eigenvalue weighted by Gasteiger charge is -2.28. The van der Waals surface area contributed by atoms with Crippen molar-refractivity contribution in [3.63, 3.8) is 0 Å². The predicted octanol–water partition coefficient (Wildman–Crippen LogP) is 4.12. The van der Waals surface area contributed by atoms with Crippen LogP contribution in [0.1, 0.15) is 49.7 Å². The molecule has 1 atom stereocenters. The van der Waals surface area contributed by atoms with E-state index in [2.05, 4.69) is 55.3 Å². The second-order valence-electron chi connectivity index (χ2n) is 9.29. The molecule has 4 rings (SSSR count). The highest BCUT2D eigenvalue weighted by Crippen LogP contribution is 2.27. The smallest absolute Gasteiger partial charge is 0.229 e. The molecule has 0 bridgehead atoms. The topological polar surface area (TPSA) is 124 Å². The van der Waals surface area contributed by atoms with Gasteiger partial charge in [-0.15, -0.1) is 0 Å². The molecule has 9 heteroatoms. The summed E-state index contributed by atoms with van der Waals surface area (Å²) < 4.78 is 0. The Hall–Kier alpha value is -3.88. The number of aromatic nitrogens is 3. The molecule has 1 unspecified atom stereocenters. The van der Waals surface area contributed by atoms with Crippen LogP contribution in [0.4, 0.5) is 17.8 Å². The normalized spacial score (nSPS) is 18.2. The Labute approximate surface area is 212 Å². The van der Waals surface area contributed by atoms with Crippen molar-refractivity contribution in [3.05, 3.63) is 65.7 Å². The van der Waals surface area contributed by atoms with Gasteiger partial charge in [-0.25, -0.2) is 0 Å². The highest BCUT2D eigenvalue weighted by Gasteiger charge is 2.27. The SMILES string of the molecule is CNc1nc(NCC(C)c2ccccc2)nc(NC2CCC(C(=O)NCc3ccccc3O)CC2)n1. The maximum atomic E-state index is 12.6. The van der Waals surface area contributed by atoms with E-state index >= 15 is 0 Å². The van der Waals surface area contributed by atoms with Gasteiger partial charge in [-0.3, -0.25) is 4.79 Å². The molecule has 1 aromatic heterocycles. The summed E-state index contributed by atoms with van der Waals surface area (Å²) >= 11 is 0. The van der Waals surface area contributed by atoms with Crippen LogP contribution in [-0.4, -0.2) is 45.6 Å². The first-order valence-electron chi connectivity index (χ1n) is 12.6. The summed E-state index contributed by atoms with van der Waals surface area (Å²) in [5.41, 5.74) is 1.98. The van der Waals surface area contributed by atoms with Crippen LogP contribution in [0.25, 0.3) is 0 Å². The summed E-state index contributed by atoms with van der Waals surface area (Å²) in [6, 6.07) is 17.6. The van der Waals surface area contributed by atoms with Crippen molar-refractivity contribution in [1.29, 1.82) is 0 Å². The molecule has 1 aliphatic rings. The molecule has 190 valence electrons. The summed E-state index contributed by atoms with van der Waals surface area (Å²) in [4.78, 5) is 26.1. The molecule has 5 N–H and O–H groups in total. The van der Waals surface area contributed by atoms with E-state index in [1.807, 2.05) is 30.3 Å². The maximum Gasteiger partial charge on any atom is 0.229 e. The van der Waals surface area contributed by atoms with Gasteiger partial charge in [0.25, 0.3) is 0 Å². The first-order chi connectivity index (χ1) is 17.5. The van der Waals surface area contributed by atoms with Gasteiger partial charge in [-0.1, -0.05) is 55.5 Å². The standard InChI is InChI=1S/C27H35N7O2/c1-18(19-8-4-3-5-9-19)16-30-26-32-25(28-2)33-27(34-26)31-22-14-12-20(13-15-22)24(36)29-17-21-10-6-7-11-23(21)35/h3-11,18,20,22,35H,12-17H2,1-2H3,(H,29,36)(H3,28,30,31,32,33,34). The number of benzene rings is 2. The van der Waals surface area contributed by atoms with Gasteiger partial charge in [0, 0.05) is 37.7 Å². The lowest BCUT2D eigenvalue weighted by molar-refractivity contribution is -0.126. The average Bonchev–Trinajstić information content (AvgIpc) is 2.92. The van der Waals surface area contributed by atoms with E-state index in [9.17, 15) is 9.90 Å². The fourth-order valence-corrected chi connectivity index (χ4v) is 4.44. The second-order valence-corrected chi connectivity index (χ2v) is 9.29. The van der Waals surface area contributed by atoms with Crippen LogP contribution >= 0.6 is 0 Å². The highest BCUT2D eigenvalue weighted by atomic mass is 16.3. The van der Waals surface area contributed by atoms with Crippen LogP contribution < -0.4 is 21.3 Å². The number of nitrogens with zero attached hydrogens (tertiary/aromatic N) is 3. The van der Waals surface area contributed by atoms with E-state index in [1.165, 1.54) is 5.56 Å². The van der Waals surface area contributed by atoms with Crippen molar-refractivity contribution in [3.8, 4) is 5.75 Å². The number of carbonyl (C=O) groups excluding carboxylic acids is 1. The van der Waals surface area contributed by atoms with Crippen molar-refractivity contribution < 1.29 is 9.90 Å². The Morgan fingerprint density at radius 1 is 0.944 bits per heavy atom. The third kappa shape index (κ3) is 6.84. The molecule has 1 amide bonds. The first kappa shape index (κ1) is 25.2. The van der Waals surface area contributed by atoms with Gasteiger partial charge in [-0.2, -0.15) is 15.0 Å². The molecule has 0 radical (unpaired) electrons. The van der Waals surface area contributed by atoms with E-state index in [0.29, 0.717) is 36.9 Å². The van der Waals surface area contributed by atoms with E-state index in [1.54, 1.807) is 19.2 Å². The van der Waals surface area contributed by atoms with Crippen LogP contribution in [0, 0.1) is 5.92 Å². The van der Waals surface area contributed by atoms with Crippen molar-refractivity contribution in [2.24, 2.45) is 5.92 Å². The van der Waals surface area contributed by atoms with E-state index in [4.69, 9.17) is 0 Å². The molecular formula is C27H35N7O2. The summed E-state index contributed by atoms with van der Waals surface area (Å²) in [6.45, 7) is 3.20. The maximum absolute atomic E-state index is 12.6. The number of aromatic hydroxyl groups is 1. The van der Waals surface area contributed by atoms with E-state index in [-0.39, 0.29) is 23.6 Å². The number of anilines is 3. The fourth-order valence-electron chi connectivity index (χ4n) is 4.44. The summed E-state index contributed by atoms with van der Waals surface area (Å²) in [7, 11) is 1.79. The van der Waals surface area contributed by atoms with E-state index < -0.39 is 0 Å². The van der Waals surface area contributed by atoms with Gasteiger partial charge >= 0.3 is 0 Å². The average molecular weight is 490 g/mol. The number of rotatable bonds is 10. The van der Waals surface area contributed by atoms with Gasteiger partial charge < -0.3 is 26.4 Å². The number of phenols is 1. The number of hydrogen-bond acceptors (Lipinski definition) is 8. The van der Waals surface area contributed by atoms with Crippen molar-refractivity contribution in [1.82, 2.24) is 20.3 Å². The molecule has 2 aromatic carbocycles. The Bertz CT molecular complexity index is 1130. The molecule has 0 spiro atoms. The van der Waals surface area contributed by atoms with Crippen LogP contribution in [0.15, 0.2) is 54.6 Å². The molecule has 1 saturated carbocycles. The van der Waals surface area contributed by atoms with Crippen LogP contribution in [0.5, 0.6) is 5.75 Å². The molecule has 9 nitrogen and oxygen atoms in total. The molecular weight excluding hydrogens is 454 g/mol. The monoisotopic (exact) mass is 489 g/mol. The number of phenolic OH excluding ortho intramolecular Hbond substituents is 1. The number of amides is 1. The number of nitrogens with one attached hydrogen (secondary N) is 4. The molecule has 36 heavy (non-hydrogen) atoms. The zero-order valence-electron chi connectivity index (χ0n) is 20.9. The third-order valence-electron chi connectivity index (χ3n) is 6.67. The largest absolute Gasteiger partial charge is 0.508 e. The Kier molecular flexibility index (Phi) is 8.54. The summed E-state index contributed by atoms with van der Waals surface area (Å²) in [6.07, 6.45) is 3.27. The molecule has 1 heterocycles. The quantitative estimate of drug-likeness (QED) is 0.288. The fraction of sp³-hybridized carbons (Fsp3) is 0.407. The number of carbonyl (C=O) groups is 1. The molecule has 1 aliphatic carbocycles. The number of hydrogen-bond donors (Lipinski definition) is 5. The van der Waals surface area contributed by atoms with Crippen molar-refractivity contribution in [2.75, 3.05) is 29.5 Å². The van der Waals surface area contributed by atoms with Gasteiger partial charge in [0.15, 0.2) is 0 Å². The summed E-state index contributed by atoms with van der Waals surface area (Å²) in [5, 5.41) is 22.6. The molecule has 1 fully saturated rings. The number of para-hydroxylation sites is 1. The first-order valence-corrected chi connectivity index (χ1v) is 12.6. The zero-order valence-corrected chi connectivity index (χ0v) is 20.9. The second kappa shape index (κ2) is 12.2. The molecule has 3 aromatic rings. The molecule has 0 aliphatic heterocycles. The van der Waals surface area contributed by atoms with Gasteiger partial charge in [0.05, 0.1) is 0 Å². The molecule has 0 saturated heterocycles. The minimum atomic E-state index is -0.0307. The third-order valence-corrected chi connectivity index (χ3v) is 6.67. The Morgan fingerprint density at radius 2 is 1.61 bits per heavy atom. The van der Waals surface area contributed by atoms with Gasteiger partial charge in [0.1, 0.15) is 5.75 Å². The van der Waals surface area contributed by atoms with E-state index in [0.717, 1.165) is 31.2 Å². The lowest BCUT2D eigenvalue weighted by atomic mass is 9.85. The predicted molar refractivity (Wildman–Crippen MR) is 142 cm³/mol. The minimum absolute atomic E-state index is 0.0307. The Balaban J connectivity index is 1.28. The Morgan fingerprint density at radius 3 is 2.33 bits per heavy atom. The zero-order chi connectivity index (χ0) is 25.3. The lowest BCUT2D eigenvalue weighted by Crippen LogP contribution is -2.36. The van der Waals surface area contributed by atoms with Crippen molar-refractivity contribution >= 4 is 23.8 Å².